The lowest BCUT2D eigenvalue weighted by Crippen LogP contribution is -2.48. The number of hydrogen-bond acceptors (Lipinski definition) is 8. The van der Waals surface area contributed by atoms with Gasteiger partial charge in [0.15, 0.2) is 11.8 Å². The Morgan fingerprint density at radius 2 is 2.00 bits per heavy atom. The molecule has 0 aromatic carbocycles. The standard InChI is InChI=1S/C15H22N2O7/c1-6-22-12(18)10-9-8(24-16-10)7-17(11(9)13(19)21-5)14(20)23-15(2,3)4/h8-9,11H,6-7H2,1-5H3/t8-,9+,11-/m0/s1. The second-order valence-electron chi connectivity index (χ2n) is 6.47. The lowest BCUT2D eigenvalue weighted by atomic mass is 9.93. The number of oxime groups is 1. The van der Waals surface area contributed by atoms with Crippen LogP contribution in [0.3, 0.4) is 0 Å². The number of methoxy groups -OCH3 is 1. The maximum Gasteiger partial charge on any atom is 0.411 e. The SMILES string of the molecule is CCOC(=O)C1=NO[C@H]2CN(C(=O)OC(C)(C)C)[C@H](C(=O)OC)[C@@H]12. The molecule has 2 aliphatic heterocycles. The normalized spacial score (nSPS) is 25.5. The van der Waals surface area contributed by atoms with Crippen molar-refractivity contribution < 1.29 is 33.4 Å². The smallest absolute Gasteiger partial charge is 0.411 e. The van der Waals surface area contributed by atoms with Crippen LogP contribution in [0.2, 0.25) is 0 Å². The third-order valence-corrected chi connectivity index (χ3v) is 3.61. The molecule has 24 heavy (non-hydrogen) atoms. The van der Waals surface area contributed by atoms with Crippen molar-refractivity contribution >= 4 is 23.7 Å². The van der Waals surface area contributed by atoms with Gasteiger partial charge in [-0.2, -0.15) is 0 Å². The van der Waals surface area contributed by atoms with Crippen LogP contribution in [0, 0.1) is 5.92 Å². The van der Waals surface area contributed by atoms with Gasteiger partial charge in [-0.25, -0.2) is 14.4 Å². The second-order valence-corrected chi connectivity index (χ2v) is 6.47. The molecule has 1 amide bonds. The van der Waals surface area contributed by atoms with E-state index in [4.69, 9.17) is 19.0 Å². The van der Waals surface area contributed by atoms with E-state index in [2.05, 4.69) is 5.16 Å². The number of carbonyl (C=O) groups is 3. The zero-order chi connectivity index (χ0) is 18.1. The zero-order valence-electron chi connectivity index (χ0n) is 14.4. The lowest BCUT2D eigenvalue weighted by molar-refractivity contribution is -0.146. The molecule has 0 spiro atoms. The highest BCUT2D eigenvalue weighted by atomic mass is 16.7. The fraction of sp³-hybridized carbons (Fsp3) is 0.733. The highest BCUT2D eigenvalue weighted by molar-refractivity contribution is 6.38. The van der Waals surface area contributed by atoms with Crippen LogP contribution in [0.15, 0.2) is 5.16 Å². The van der Waals surface area contributed by atoms with Crippen molar-refractivity contribution in [2.45, 2.75) is 45.4 Å². The Labute approximate surface area is 139 Å². The van der Waals surface area contributed by atoms with Crippen LogP contribution >= 0.6 is 0 Å². The van der Waals surface area contributed by atoms with E-state index < -0.39 is 41.7 Å². The molecular formula is C15H22N2O7. The third-order valence-electron chi connectivity index (χ3n) is 3.61. The van der Waals surface area contributed by atoms with Crippen molar-refractivity contribution in [3.63, 3.8) is 0 Å². The van der Waals surface area contributed by atoms with E-state index in [1.807, 2.05) is 0 Å². The minimum Gasteiger partial charge on any atom is -0.467 e. The molecule has 3 atom stereocenters. The van der Waals surface area contributed by atoms with Gasteiger partial charge in [0, 0.05) is 0 Å². The molecule has 1 fully saturated rings. The van der Waals surface area contributed by atoms with E-state index in [-0.39, 0.29) is 18.9 Å². The first-order chi connectivity index (χ1) is 11.2. The summed E-state index contributed by atoms with van der Waals surface area (Å²) < 4.78 is 15.0. The summed E-state index contributed by atoms with van der Waals surface area (Å²) in [6, 6.07) is -1.06. The van der Waals surface area contributed by atoms with E-state index in [9.17, 15) is 14.4 Å². The van der Waals surface area contributed by atoms with Gasteiger partial charge in [-0.1, -0.05) is 5.16 Å². The number of rotatable bonds is 3. The maximum absolute atomic E-state index is 12.4. The molecular weight excluding hydrogens is 320 g/mol. The first-order valence-electron chi connectivity index (χ1n) is 7.68. The molecule has 0 aromatic rings. The summed E-state index contributed by atoms with van der Waals surface area (Å²) in [5.74, 6) is -2.09. The average molecular weight is 342 g/mol. The predicted molar refractivity (Wildman–Crippen MR) is 81.2 cm³/mol. The van der Waals surface area contributed by atoms with Crippen molar-refractivity contribution in [1.29, 1.82) is 0 Å². The van der Waals surface area contributed by atoms with Crippen molar-refractivity contribution in [1.82, 2.24) is 4.90 Å². The summed E-state index contributed by atoms with van der Waals surface area (Å²) >= 11 is 0. The molecule has 0 radical (unpaired) electrons. The van der Waals surface area contributed by atoms with Crippen LogP contribution in [0.5, 0.6) is 0 Å². The van der Waals surface area contributed by atoms with Gasteiger partial charge in [0.2, 0.25) is 0 Å². The topological polar surface area (TPSA) is 104 Å². The van der Waals surface area contributed by atoms with Gasteiger partial charge in [-0.3, -0.25) is 4.90 Å². The summed E-state index contributed by atoms with van der Waals surface area (Å²) in [6.07, 6.45) is -1.31. The largest absolute Gasteiger partial charge is 0.467 e. The molecule has 0 N–H and O–H groups in total. The van der Waals surface area contributed by atoms with E-state index in [1.165, 1.54) is 12.0 Å². The summed E-state index contributed by atoms with van der Waals surface area (Å²) in [4.78, 5) is 43.1. The van der Waals surface area contributed by atoms with Crippen LogP contribution in [-0.2, 0) is 28.6 Å². The minimum atomic E-state index is -1.06. The van der Waals surface area contributed by atoms with Gasteiger partial charge in [0.25, 0.3) is 0 Å². The molecule has 0 aliphatic carbocycles. The average Bonchev–Trinajstić information content (AvgIpc) is 3.03. The first kappa shape index (κ1) is 18.0. The predicted octanol–water partition coefficient (Wildman–Crippen LogP) is 0.713. The summed E-state index contributed by atoms with van der Waals surface area (Å²) in [5.41, 5.74) is -0.753. The molecule has 0 bridgehead atoms. The number of ether oxygens (including phenoxy) is 3. The van der Waals surface area contributed by atoms with Crippen molar-refractivity contribution in [2.24, 2.45) is 11.1 Å². The van der Waals surface area contributed by atoms with Gasteiger partial charge < -0.3 is 19.0 Å². The number of nitrogens with zero attached hydrogens (tertiary/aromatic N) is 2. The van der Waals surface area contributed by atoms with Crippen LogP contribution in [0.4, 0.5) is 4.79 Å². The molecule has 0 unspecified atom stereocenters. The van der Waals surface area contributed by atoms with Crippen LogP contribution in [0.25, 0.3) is 0 Å². The molecule has 2 rings (SSSR count). The monoisotopic (exact) mass is 342 g/mol. The summed E-state index contributed by atoms with van der Waals surface area (Å²) in [5, 5.41) is 3.73. The minimum absolute atomic E-state index is 0.0247. The number of amides is 1. The molecule has 0 saturated carbocycles. The zero-order valence-corrected chi connectivity index (χ0v) is 14.4. The number of esters is 2. The van der Waals surface area contributed by atoms with Crippen molar-refractivity contribution in [3.05, 3.63) is 0 Å². The molecule has 2 aliphatic rings. The number of likely N-dealkylation sites (tertiary alicyclic amines) is 1. The summed E-state index contributed by atoms with van der Waals surface area (Å²) in [7, 11) is 1.21. The van der Waals surface area contributed by atoms with Crippen molar-refractivity contribution in [2.75, 3.05) is 20.3 Å². The number of fused-ring (bicyclic) bond motifs is 1. The molecule has 9 nitrogen and oxygen atoms in total. The Morgan fingerprint density at radius 1 is 1.33 bits per heavy atom. The Morgan fingerprint density at radius 3 is 2.54 bits per heavy atom. The fourth-order valence-electron chi connectivity index (χ4n) is 2.71. The van der Waals surface area contributed by atoms with Gasteiger partial charge in [0.05, 0.1) is 26.2 Å². The van der Waals surface area contributed by atoms with Crippen molar-refractivity contribution in [3.8, 4) is 0 Å². The Balaban J connectivity index is 2.27. The summed E-state index contributed by atoms with van der Waals surface area (Å²) in [6.45, 7) is 7.04. The van der Waals surface area contributed by atoms with Gasteiger partial charge in [-0.15, -0.1) is 0 Å². The molecule has 9 heteroatoms. The van der Waals surface area contributed by atoms with E-state index in [0.29, 0.717) is 0 Å². The second kappa shape index (κ2) is 6.66. The maximum atomic E-state index is 12.4. The van der Waals surface area contributed by atoms with E-state index in [0.717, 1.165) is 0 Å². The fourth-order valence-corrected chi connectivity index (χ4v) is 2.71. The lowest BCUT2D eigenvalue weighted by Gasteiger charge is -2.28. The Hall–Kier alpha value is -2.32. The highest BCUT2D eigenvalue weighted by Gasteiger charge is 2.57. The number of carbonyl (C=O) groups excluding carboxylic acids is 3. The highest BCUT2D eigenvalue weighted by Crippen LogP contribution is 2.35. The van der Waals surface area contributed by atoms with Crippen LogP contribution < -0.4 is 0 Å². The van der Waals surface area contributed by atoms with Crippen LogP contribution in [-0.4, -0.2) is 66.7 Å². The molecule has 134 valence electrons. The van der Waals surface area contributed by atoms with Crippen LogP contribution in [0.1, 0.15) is 27.7 Å². The quantitative estimate of drug-likeness (QED) is 0.549. The Kier molecular flexibility index (Phi) is 5.00. The molecule has 2 heterocycles. The Bertz CT molecular complexity index is 567. The van der Waals surface area contributed by atoms with Gasteiger partial charge in [0.1, 0.15) is 11.6 Å². The molecule has 0 aromatic heterocycles. The first-order valence-corrected chi connectivity index (χ1v) is 7.68. The number of hydrogen-bond donors (Lipinski definition) is 0. The third kappa shape index (κ3) is 3.44. The molecule has 1 saturated heterocycles. The van der Waals surface area contributed by atoms with Gasteiger partial charge in [-0.05, 0) is 27.7 Å². The van der Waals surface area contributed by atoms with E-state index >= 15 is 0 Å². The van der Waals surface area contributed by atoms with Gasteiger partial charge >= 0.3 is 18.0 Å². The van der Waals surface area contributed by atoms with E-state index in [1.54, 1.807) is 27.7 Å².